The summed E-state index contributed by atoms with van der Waals surface area (Å²) < 4.78 is 6.49. The van der Waals surface area contributed by atoms with E-state index in [1.807, 2.05) is 38.1 Å². The Morgan fingerprint density at radius 2 is 2.16 bits per heavy atom. The van der Waals surface area contributed by atoms with Crippen LogP contribution in [0.3, 0.4) is 0 Å². The lowest BCUT2D eigenvalue weighted by atomic mass is 10.2. The Balaban J connectivity index is 1.93. The summed E-state index contributed by atoms with van der Waals surface area (Å²) in [7, 11) is 0. The maximum atomic E-state index is 11.7. The van der Waals surface area contributed by atoms with Crippen LogP contribution in [0.15, 0.2) is 44.9 Å². The van der Waals surface area contributed by atoms with E-state index in [1.54, 1.807) is 10.9 Å². The van der Waals surface area contributed by atoms with Crippen molar-refractivity contribution >= 4 is 23.5 Å². The van der Waals surface area contributed by atoms with Crippen LogP contribution in [0, 0.1) is 6.92 Å². The fourth-order valence-corrected chi connectivity index (χ4v) is 2.09. The van der Waals surface area contributed by atoms with E-state index in [0.717, 1.165) is 4.90 Å². The molecule has 1 aromatic carbocycles. The molecule has 6 heteroatoms. The van der Waals surface area contributed by atoms with E-state index in [1.165, 1.54) is 17.3 Å². The lowest BCUT2D eigenvalue weighted by Gasteiger charge is -2.08. The highest BCUT2D eigenvalue weighted by atomic mass is 32.2. The monoisotopic (exact) mass is 277 g/mol. The predicted molar refractivity (Wildman–Crippen MR) is 71.4 cm³/mol. The molecule has 0 spiro atoms. The van der Waals surface area contributed by atoms with E-state index in [0.29, 0.717) is 6.54 Å². The minimum atomic E-state index is -0.232. The standard InChI is InChI=1S/C13H15N3O2S/c1-3-16-8-13(18-15-16)14-12(17)9-19-11-6-4-10(2)5-7-11/h4-8H,3,9H2,1-2H3. The molecule has 2 aromatic rings. The first-order valence-electron chi connectivity index (χ1n) is 5.98. The van der Waals surface area contributed by atoms with Crippen LogP contribution >= 0.6 is 11.8 Å². The van der Waals surface area contributed by atoms with Crippen LogP contribution in [-0.4, -0.2) is 16.9 Å². The molecule has 0 bridgehead atoms. The molecule has 0 atom stereocenters. The molecule has 5 nitrogen and oxygen atoms in total. The Labute approximate surface area is 115 Å². The maximum Gasteiger partial charge on any atom is 0.320 e. The Morgan fingerprint density at radius 3 is 2.79 bits per heavy atom. The third-order valence-electron chi connectivity index (χ3n) is 2.44. The molecule has 0 aliphatic heterocycles. The van der Waals surface area contributed by atoms with Crippen LogP contribution in [0.25, 0.3) is 0 Å². The second-order valence-electron chi connectivity index (χ2n) is 4.00. The van der Waals surface area contributed by atoms with Crippen molar-refractivity contribution in [3.8, 4) is 0 Å². The van der Waals surface area contributed by atoms with Gasteiger partial charge in [-0.2, -0.15) is 0 Å². The largest absolute Gasteiger partial charge is 0.861 e. The number of hydrogen-bond acceptors (Lipinski definition) is 5. The van der Waals surface area contributed by atoms with Crippen LogP contribution in [-0.2, 0) is 6.54 Å². The average Bonchev–Trinajstić information content (AvgIpc) is 2.86. The van der Waals surface area contributed by atoms with Gasteiger partial charge in [0, 0.05) is 10.6 Å². The van der Waals surface area contributed by atoms with Crippen molar-refractivity contribution in [1.29, 1.82) is 0 Å². The van der Waals surface area contributed by atoms with Crippen LogP contribution in [0.4, 0.5) is 5.88 Å². The lowest BCUT2D eigenvalue weighted by Crippen LogP contribution is -2.32. The molecule has 0 saturated heterocycles. The van der Waals surface area contributed by atoms with Crippen molar-refractivity contribution in [3.05, 3.63) is 36.0 Å². The Hall–Kier alpha value is -1.82. The third-order valence-corrected chi connectivity index (χ3v) is 3.44. The lowest BCUT2D eigenvalue weighted by molar-refractivity contribution is -0.759. The Morgan fingerprint density at radius 1 is 1.42 bits per heavy atom. The number of aryl methyl sites for hydroxylation is 2. The highest BCUT2D eigenvalue weighted by Crippen LogP contribution is 2.18. The van der Waals surface area contributed by atoms with Gasteiger partial charge in [-0.15, -0.1) is 11.8 Å². The van der Waals surface area contributed by atoms with E-state index in [9.17, 15) is 5.11 Å². The van der Waals surface area contributed by atoms with Gasteiger partial charge in [0.25, 0.3) is 6.20 Å². The van der Waals surface area contributed by atoms with E-state index >= 15 is 0 Å². The summed E-state index contributed by atoms with van der Waals surface area (Å²) in [6.45, 7) is 4.65. The molecule has 0 fully saturated rings. The molecule has 0 unspecified atom stereocenters. The van der Waals surface area contributed by atoms with E-state index in [-0.39, 0.29) is 17.5 Å². The summed E-state index contributed by atoms with van der Waals surface area (Å²) in [5, 5.41) is 15.4. The fourth-order valence-electron chi connectivity index (χ4n) is 1.40. The minimum absolute atomic E-state index is 0.232. The minimum Gasteiger partial charge on any atom is -0.861 e. The molecule has 0 radical (unpaired) electrons. The van der Waals surface area contributed by atoms with Gasteiger partial charge in [0.05, 0.1) is 0 Å². The summed E-state index contributed by atoms with van der Waals surface area (Å²) in [5.74, 6) is 0.303. The summed E-state index contributed by atoms with van der Waals surface area (Å²) in [6.07, 6.45) is 1.61. The van der Waals surface area contributed by atoms with Crippen molar-refractivity contribution in [3.63, 3.8) is 0 Å². The predicted octanol–water partition coefficient (Wildman–Crippen LogP) is 1.47. The van der Waals surface area contributed by atoms with Crippen LogP contribution in [0.5, 0.6) is 0 Å². The third kappa shape index (κ3) is 4.10. The zero-order valence-electron chi connectivity index (χ0n) is 10.9. The normalized spacial score (nSPS) is 11.8. The van der Waals surface area contributed by atoms with Gasteiger partial charge >= 0.3 is 5.88 Å². The van der Waals surface area contributed by atoms with Gasteiger partial charge in [0.15, 0.2) is 6.54 Å². The number of thioether (sulfide) groups is 1. The molecule has 0 aliphatic rings. The molecule has 2 rings (SSSR count). The number of rotatable bonds is 5. The topological polar surface area (TPSA) is 65.3 Å². The molecular formula is C13H15N3O2S. The van der Waals surface area contributed by atoms with Gasteiger partial charge in [0.1, 0.15) is 0 Å². The first-order valence-corrected chi connectivity index (χ1v) is 6.96. The van der Waals surface area contributed by atoms with Gasteiger partial charge in [-0.05, 0) is 31.9 Å². The highest BCUT2D eigenvalue weighted by Gasteiger charge is 2.06. The average molecular weight is 277 g/mol. The summed E-state index contributed by atoms with van der Waals surface area (Å²) in [4.78, 5) is 4.90. The Bertz CT molecular complexity index is 564. The zero-order valence-corrected chi connectivity index (χ0v) is 11.7. The summed E-state index contributed by atoms with van der Waals surface area (Å²) >= 11 is 1.46. The SMILES string of the molecule is CC[n+]1cc(/N=C(\[O-])CSc2ccc(C)cc2)on1. The quantitative estimate of drug-likeness (QED) is 0.359. The van der Waals surface area contributed by atoms with Crippen LogP contribution in [0.1, 0.15) is 12.5 Å². The zero-order chi connectivity index (χ0) is 13.7. The molecule has 19 heavy (non-hydrogen) atoms. The van der Waals surface area contributed by atoms with Gasteiger partial charge in [-0.25, -0.2) is 4.99 Å². The van der Waals surface area contributed by atoms with Gasteiger partial charge in [-0.1, -0.05) is 22.4 Å². The molecule has 1 aromatic heterocycles. The number of aliphatic imine (C=N–C) groups is 1. The van der Waals surface area contributed by atoms with Crippen LogP contribution in [0.2, 0.25) is 0 Å². The van der Waals surface area contributed by atoms with Crippen molar-refractivity contribution in [2.45, 2.75) is 25.3 Å². The molecule has 0 saturated carbocycles. The first-order chi connectivity index (χ1) is 9.17. The molecular weight excluding hydrogens is 262 g/mol. The fraction of sp³-hybridized carbons (Fsp3) is 0.308. The van der Waals surface area contributed by atoms with Crippen molar-refractivity contribution < 1.29 is 14.3 Å². The maximum absolute atomic E-state index is 11.7. The molecule has 0 N–H and O–H groups in total. The van der Waals surface area contributed by atoms with Crippen molar-refractivity contribution in [2.75, 3.05) is 5.75 Å². The van der Waals surface area contributed by atoms with Gasteiger partial charge < -0.3 is 5.11 Å². The smallest absolute Gasteiger partial charge is 0.320 e. The van der Waals surface area contributed by atoms with Gasteiger partial charge in [0.2, 0.25) is 5.27 Å². The molecule has 100 valence electrons. The second kappa shape index (κ2) is 6.38. The number of nitrogens with zero attached hydrogens (tertiary/aromatic N) is 3. The van der Waals surface area contributed by atoms with E-state index in [4.69, 9.17) is 4.52 Å². The van der Waals surface area contributed by atoms with Crippen molar-refractivity contribution in [2.24, 2.45) is 4.99 Å². The van der Waals surface area contributed by atoms with Crippen LogP contribution < -0.4 is 9.79 Å². The van der Waals surface area contributed by atoms with Gasteiger partial charge in [-0.3, -0.25) is 4.52 Å². The number of hydrogen-bond donors (Lipinski definition) is 0. The van der Waals surface area contributed by atoms with E-state index in [2.05, 4.69) is 10.3 Å². The van der Waals surface area contributed by atoms with Crippen molar-refractivity contribution in [1.82, 2.24) is 5.27 Å². The van der Waals surface area contributed by atoms with E-state index < -0.39 is 0 Å². The first kappa shape index (κ1) is 13.6. The molecule has 0 aliphatic carbocycles. The summed E-state index contributed by atoms with van der Waals surface area (Å²) in [5.41, 5.74) is 1.20. The molecule has 1 heterocycles. The number of aromatic nitrogens is 2. The summed E-state index contributed by atoms with van der Waals surface area (Å²) in [6, 6.07) is 8.02. The second-order valence-corrected chi connectivity index (χ2v) is 5.05. The highest BCUT2D eigenvalue weighted by molar-refractivity contribution is 8.00. The number of benzene rings is 1. The molecule has 0 amide bonds. The Kier molecular flexibility index (Phi) is 4.57.